The molecule has 1 aromatic rings. The third-order valence-electron chi connectivity index (χ3n) is 1.24. The molecule has 11 heavy (non-hydrogen) atoms. The van der Waals surface area contributed by atoms with Crippen molar-refractivity contribution in [2.75, 3.05) is 5.73 Å². The van der Waals surface area contributed by atoms with Gasteiger partial charge in [-0.15, -0.1) is 0 Å². The van der Waals surface area contributed by atoms with Crippen LogP contribution in [0, 0.1) is 0 Å². The lowest BCUT2D eigenvalue weighted by Crippen LogP contribution is -1.89. The molecule has 0 aromatic carbocycles. The van der Waals surface area contributed by atoms with Gasteiger partial charge in [-0.3, -0.25) is 0 Å². The minimum Gasteiger partial charge on any atom is -0.394 e. The monoisotopic (exact) mass is 150 g/mol. The largest absolute Gasteiger partial charge is 0.394 e. The van der Waals surface area contributed by atoms with E-state index in [2.05, 4.69) is 16.7 Å². The van der Waals surface area contributed by atoms with Crippen LogP contribution >= 0.6 is 0 Å². The van der Waals surface area contributed by atoms with Crippen LogP contribution < -0.4 is 5.73 Å². The predicted octanol–water partition coefficient (Wildman–Crippen LogP) is 0.891. The fourth-order valence-corrected chi connectivity index (χ4v) is 0.729. The molecule has 58 valence electrons. The van der Waals surface area contributed by atoms with Crippen LogP contribution in [0.3, 0.4) is 0 Å². The highest BCUT2D eigenvalue weighted by Gasteiger charge is 2.00. The van der Waals surface area contributed by atoms with Crippen molar-refractivity contribution in [2.45, 2.75) is 0 Å². The zero-order valence-corrected chi connectivity index (χ0v) is 6.36. The fraction of sp³-hybridized carbons (Fsp3) is 0.143. The van der Waals surface area contributed by atoms with Gasteiger partial charge in [0.1, 0.15) is 0 Å². The highest BCUT2D eigenvalue weighted by atomic mass is 15.3. The Morgan fingerprint density at radius 2 is 2.55 bits per heavy atom. The zero-order chi connectivity index (χ0) is 8.27. The van der Waals surface area contributed by atoms with Crippen molar-refractivity contribution < 1.29 is 0 Å². The average Bonchev–Trinajstić information content (AvgIpc) is 2.29. The van der Waals surface area contributed by atoms with E-state index < -0.39 is 0 Å². The number of aryl methyl sites for hydroxylation is 1. The van der Waals surface area contributed by atoms with E-state index in [1.165, 1.54) is 0 Å². The summed E-state index contributed by atoms with van der Waals surface area (Å²) < 4.78 is 1.61. The maximum absolute atomic E-state index is 5.55. The first kappa shape index (κ1) is 7.53. The van der Waals surface area contributed by atoms with Gasteiger partial charge in [0.05, 0.1) is 11.9 Å². The summed E-state index contributed by atoms with van der Waals surface area (Å²) in [6, 6.07) is 0. The molecular weight excluding hydrogens is 140 g/mol. The normalized spacial score (nSPS) is 10.6. The number of rotatable bonds is 2. The molecule has 0 spiro atoms. The summed E-state index contributed by atoms with van der Waals surface area (Å²) >= 11 is 0. The Balaban J connectivity index is 3.00. The lowest BCUT2D eigenvalue weighted by atomic mass is 10.5. The maximum Gasteiger partial charge on any atom is 0.173 e. The standard InChI is InChI=1S/C7H10N4/c1-3-4-9-7-6(8)5-10-11(7)2/h3-5H,1,8H2,2H3/b9-4-. The van der Waals surface area contributed by atoms with Crippen molar-refractivity contribution >= 4 is 17.7 Å². The van der Waals surface area contributed by atoms with Crippen LogP contribution in [-0.2, 0) is 7.05 Å². The Hall–Kier alpha value is -1.58. The Labute approximate surface area is 65.0 Å². The third kappa shape index (κ3) is 1.46. The van der Waals surface area contributed by atoms with E-state index >= 15 is 0 Å². The molecule has 1 rings (SSSR count). The number of nitrogen functional groups attached to an aromatic ring is 1. The van der Waals surface area contributed by atoms with Crippen LogP contribution in [0.25, 0.3) is 0 Å². The quantitative estimate of drug-likeness (QED) is 0.636. The molecule has 0 amide bonds. The number of hydrogen-bond acceptors (Lipinski definition) is 3. The van der Waals surface area contributed by atoms with E-state index in [0.717, 1.165) is 0 Å². The van der Waals surface area contributed by atoms with Gasteiger partial charge in [0.15, 0.2) is 5.82 Å². The number of aromatic nitrogens is 2. The van der Waals surface area contributed by atoms with E-state index in [1.54, 1.807) is 30.2 Å². The topological polar surface area (TPSA) is 56.2 Å². The van der Waals surface area contributed by atoms with Gasteiger partial charge in [-0.1, -0.05) is 12.7 Å². The molecule has 0 aliphatic heterocycles. The number of nitrogens with two attached hydrogens (primary N) is 1. The van der Waals surface area contributed by atoms with E-state index in [1.807, 2.05) is 0 Å². The molecule has 2 N–H and O–H groups in total. The minimum atomic E-state index is 0.575. The van der Waals surface area contributed by atoms with Crippen molar-refractivity contribution in [1.29, 1.82) is 0 Å². The van der Waals surface area contributed by atoms with Crippen molar-refractivity contribution in [3.63, 3.8) is 0 Å². The summed E-state index contributed by atoms with van der Waals surface area (Å²) in [5, 5.41) is 3.91. The predicted molar refractivity (Wildman–Crippen MR) is 46.0 cm³/mol. The fourth-order valence-electron chi connectivity index (χ4n) is 0.729. The molecule has 0 aliphatic carbocycles. The highest BCUT2D eigenvalue weighted by molar-refractivity contribution is 5.75. The summed E-state index contributed by atoms with van der Waals surface area (Å²) in [6.07, 6.45) is 4.73. The van der Waals surface area contributed by atoms with E-state index in [-0.39, 0.29) is 0 Å². The zero-order valence-electron chi connectivity index (χ0n) is 6.36. The lowest BCUT2D eigenvalue weighted by Gasteiger charge is -1.93. The molecule has 4 nitrogen and oxygen atoms in total. The van der Waals surface area contributed by atoms with Crippen molar-refractivity contribution in [3.05, 3.63) is 18.9 Å². The Bertz CT molecular complexity index is 265. The molecule has 0 bridgehead atoms. The van der Waals surface area contributed by atoms with Crippen LogP contribution in [0.15, 0.2) is 23.8 Å². The number of aliphatic imine (C=N–C) groups is 1. The van der Waals surface area contributed by atoms with E-state index in [0.29, 0.717) is 11.5 Å². The van der Waals surface area contributed by atoms with E-state index in [4.69, 9.17) is 5.73 Å². The first-order valence-electron chi connectivity index (χ1n) is 3.18. The Morgan fingerprint density at radius 1 is 1.82 bits per heavy atom. The van der Waals surface area contributed by atoms with Crippen molar-refractivity contribution in [1.82, 2.24) is 9.78 Å². The van der Waals surface area contributed by atoms with Crippen LogP contribution in [0.4, 0.5) is 11.5 Å². The van der Waals surface area contributed by atoms with Gasteiger partial charge >= 0.3 is 0 Å². The van der Waals surface area contributed by atoms with Gasteiger partial charge in [0.2, 0.25) is 0 Å². The van der Waals surface area contributed by atoms with Gasteiger partial charge < -0.3 is 5.73 Å². The summed E-state index contributed by atoms with van der Waals surface area (Å²) in [6.45, 7) is 3.50. The van der Waals surface area contributed by atoms with Gasteiger partial charge in [0, 0.05) is 13.3 Å². The second-order valence-corrected chi connectivity index (χ2v) is 2.06. The van der Waals surface area contributed by atoms with Crippen LogP contribution in [-0.4, -0.2) is 16.0 Å². The second kappa shape index (κ2) is 3.01. The molecule has 0 saturated carbocycles. The molecule has 0 fully saturated rings. The highest BCUT2D eigenvalue weighted by Crippen LogP contribution is 2.18. The van der Waals surface area contributed by atoms with Gasteiger partial charge in [-0.25, -0.2) is 9.67 Å². The lowest BCUT2D eigenvalue weighted by molar-refractivity contribution is 0.771. The molecule has 0 radical (unpaired) electrons. The van der Waals surface area contributed by atoms with Crippen LogP contribution in [0.1, 0.15) is 0 Å². The van der Waals surface area contributed by atoms with E-state index in [9.17, 15) is 0 Å². The molecule has 0 atom stereocenters. The second-order valence-electron chi connectivity index (χ2n) is 2.06. The average molecular weight is 150 g/mol. The molecule has 0 aliphatic rings. The molecule has 1 aromatic heterocycles. The Morgan fingerprint density at radius 3 is 3.00 bits per heavy atom. The number of anilines is 1. The molecule has 4 heteroatoms. The maximum atomic E-state index is 5.55. The Kier molecular flexibility index (Phi) is 2.06. The molecular formula is C7H10N4. The smallest absolute Gasteiger partial charge is 0.173 e. The summed E-state index contributed by atoms with van der Waals surface area (Å²) in [4.78, 5) is 4.02. The van der Waals surface area contributed by atoms with Gasteiger partial charge in [0.25, 0.3) is 0 Å². The molecule has 0 saturated heterocycles. The molecule has 1 heterocycles. The van der Waals surface area contributed by atoms with Crippen LogP contribution in [0.5, 0.6) is 0 Å². The molecule has 0 unspecified atom stereocenters. The minimum absolute atomic E-state index is 0.575. The first-order valence-corrected chi connectivity index (χ1v) is 3.18. The number of allylic oxidation sites excluding steroid dienone is 1. The SMILES string of the molecule is C=C/C=N\c1c(N)cnn1C. The van der Waals surface area contributed by atoms with Crippen molar-refractivity contribution in [3.8, 4) is 0 Å². The first-order chi connectivity index (χ1) is 5.25. The van der Waals surface area contributed by atoms with Gasteiger partial charge in [-0.05, 0) is 0 Å². The summed E-state index contributed by atoms with van der Waals surface area (Å²) in [5.74, 6) is 0.657. The van der Waals surface area contributed by atoms with Gasteiger partial charge in [-0.2, -0.15) is 5.10 Å². The number of nitrogens with zero attached hydrogens (tertiary/aromatic N) is 3. The third-order valence-corrected chi connectivity index (χ3v) is 1.24. The summed E-state index contributed by atoms with van der Waals surface area (Å²) in [5.41, 5.74) is 6.13. The van der Waals surface area contributed by atoms with Crippen molar-refractivity contribution in [2.24, 2.45) is 12.0 Å². The summed E-state index contributed by atoms with van der Waals surface area (Å²) in [7, 11) is 1.78. The van der Waals surface area contributed by atoms with Crippen LogP contribution in [0.2, 0.25) is 0 Å². The number of hydrogen-bond donors (Lipinski definition) is 1.